The maximum Gasteiger partial charge on any atom is 0.333 e. The highest BCUT2D eigenvalue weighted by atomic mass is 35.5. The lowest BCUT2D eigenvalue weighted by Gasteiger charge is -2.12. The first-order valence-corrected chi connectivity index (χ1v) is 21.5. The Balaban J connectivity index is 0.960. The lowest BCUT2D eigenvalue weighted by atomic mass is 10.0. The van der Waals surface area contributed by atoms with Gasteiger partial charge in [-0.15, -0.1) is 0 Å². The second kappa shape index (κ2) is 19.3. The van der Waals surface area contributed by atoms with E-state index in [1.165, 1.54) is 48.5 Å². The van der Waals surface area contributed by atoms with Crippen LogP contribution in [0.25, 0.3) is 0 Å². The lowest BCUT2D eigenvalue weighted by Crippen LogP contribution is -2.34. The SMILES string of the molecule is O=C(Nc1cccc(Cl)c1)Nc1cccc(S(=O)(=O)NC(=O)Nc2ccc(Cc3ccc(NC(=O)NS(=O)(=O)c4cccc(NC(=O)Nc5cccc(Cl)c5)c4)cc3)cc2)c1. The molecule has 0 aliphatic rings. The third-order valence-corrected chi connectivity index (χ3v) is 11.4. The minimum absolute atomic E-state index is 0.161. The van der Waals surface area contributed by atoms with Crippen LogP contribution in [0.1, 0.15) is 11.1 Å². The quantitative estimate of drug-likeness (QED) is 0.0589. The van der Waals surface area contributed by atoms with Gasteiger partial charge in [0.15, 0.2) is 0 Å². The molecule has 0 saturated heterocycles. The number of rotatable bonds is 12. The number of carbonyl (C=O) groups is 4. The van der Waals surface area contributed by atoms with Crippen molar-refractivity contribution in [3.05, 3.63) is 167 Å². The van der Waals surface area contributed by atoms with Crippen LogP contribution in [-0.2, 0) is 26.5 Å². The molecule has 0 heterocycles. The molecule has 0 bridgehead atoms. The van der Waals surface area contributed by atoms with Gasteiger partial charge in [-0.2, -0.15) is 0 Å². The number of hydrogen-bond donors (Lipinski definition) is 8. The molecule has 6 rings (SSSR count). The average Bonchev–Trinajstić information content (AvgIpc) is 3.19. The third kappa shape index (κ3) is 12.9. The molecule has 6 aromatic rings. The largest absolute Gasteiger partial charge is 0.333 e. The van der Waals surface area contributed by atoms with Crippen molar-refractivity contribution < 1.29 is 36.0 Å². The van der Waals surface area contributed by atoms with Crippen LogP contribution in [0.4, 0.5) is 53.3 Å². The van der Waals surface area contributed by atoms with Gasteiger partial charge in [-0.25, -0.2) is 45.5 Å². The molecule has 0 spiro atoms. The highest BCUT2D eigenvalue weighted by Crippen LogP contribution is 2.21. The molecule has 0 atom stereocenters. The molecule has 0 aromatic heterocycles. The Hall–Kier alpha value is -7.12. The van der Waals surface area contributed by atoms with Gasteiger partial charge in [-0.05, 0) is 115 Å². The number of amides is 8. The fraction of sp³-hybridized carbons (Fsp3) is 0.0244. The Morgan fingerprint density at radius 1 is 0.377 bits per heavy atom. The fourth-order valence-electron chi connectivity index (χ4n) is 5.52. The Morgan fingerprint density at radius 3 is 1.03 bits per heavy atom. The van der Waals surface area contributed by atoms with E-state index in [1.54, 1.807) is 97.1 Å². The summed E-state index contributed by atoms with van der Waals surface area (Å²) in [5, 5.41) is 16.0. The summed E-state index contributed by atoms with van der Waals surface area (Å²) >= 11 is 11.9. The Morgan fingerprint density at radius 2 is 0.689 bits per heavy atom. The van der Waals surface area contributed by atoms with E-state index in [0.717, 1.165) is 11.1 Å². The fourth-order valence-corrected chi connectivity index (χ4v) is 7.81. The van der Waals surface area contributed by atoms with E-state index in [0.29, 0.717) is 39.2 Å². The monoisotopic (exact) mass is 900 g/mol. The zero-order valence-electron chi connectivity index (χ0n) is 31.4. The summed E-state index contributed by atoms with van der Waals surface area (Å²) in [6.45, 7) is 0. The maximum atomic E-state index is 13.0. The van der Waals surface area contributed by atoms with Crippen LogP contribution in [0.2, 0.25) is 10.0 Å². The second-order valence-electron chi connectivity index (χ2n) is 12.9. The van der Waals surface area contributed by atoms with Gasteiger partial charge in [0, 0.05) is 44.2 Å². The summed E-state index contributed by atoms with van der Waals surface area (Å²) < 4.78 is 55.8. The van der Waals surface area contributed by atoms with Crippen LogP contribution in [0.3, 0.4) is 0 Å². The van der Waals surface area contributed by atoms with E-state index in [2.05, 4.69) is 31.9 Å². The molecule has 0 radical (unpaired) electrons. The molecule has 312 valence electrons. The summed E-state index contributed by atoms with van der Waals surface area (Å²) in [5.41, 5.74) is 3.48. The zero-order chi connectivity index (χ0) is 43.6. The molecule has 61 heavy (non-hydrogen) atoms. The predicted molar refractivity (Wildman–Crippen MR) is 235 cm³/mol. The Kier molecular flexibility index (Phi) is 13.7. The number of hydrogen-bond acceptors (Lipinski definition) is 8. The van der Waals surface area contributed by atoms with Gasteiger partial charge in [0.05, 0.1) is 9.79 Å². The van der Waals surface area contributed by atoms with Gasteiger partial charge in [0.25, 0.3) is 20.0 Å². The number of nitrogens with one attached hydrogen (secondary N) is 8. The van der Waals surface area contributed by atoms with Crippen LogP contribution in [0.5, 0.6) is 0 Å². The van der Waals surface area contributed by atoms with Crippen molar-refractivity contribution in [1.82, 2.24) is 9.44 Å². The number of sulfonamides is 2. The molecule has 0 unspecified atom stereocenters. The molecular formula is C41H34Cl2N8O8S2. The Labute approximate surface area is 360 Å². The van der Waals surface area contributed by atoms with E-state index in [9.17, 15) is 36.0 Å². The number of benzene rings is 6. The minimum Gasteiger partial charge on any atom is -0.308 e. The van der Waals surface area contributed by atoms with Crippen molar-refractivity contribution in [3.8, 4) is 0 Å². The van der Waals surface area contributed by atoms with Gasteiger partial charge in [-0.3, -0.25) is 0 Å². The molecule has 0 saturated carbocycles. The Bertz CT molecular complexity index is 2640. The number of halogens is 2. The van der Waals surface area contributed by atoms with Crippen LogP contribution in [-0.4, -0.2) is 41.0 Å². The van der Waals surface area contributed by atoms with Gasteiger partial charge < -0.3 is 31.9 Å². The van der Waals surface area contributed by atoms with Gasteiger partial charge in [0.1, 0.15) is 0 Å². The first-order chi connectivity index (χ1) is 29.1. The van der Waals surface area contributed by atoms with Gasteiger partial charge in [0.2, 0.25) is 0 Å². The van der Waals surface area contributed by atoms with Gasteiger partial charge >= 0.3 is 24.1 Å². The van der Waals surface area contributed by atoms with Crippen molar-refractivity contribution >= 4 is 101 Å². The van der Waals surface area contributed by atoms with E-state index in [-0.39, 0.29) is 21.2 Å². The highest BCUT2D eigenvalue weighted by Gasteiger charge is 2.20. The molecule has 16 nitrogen and oxygen atoms in total. The number of urea groups is 4. The molecule has 6 aromatic carbocycles. The lowest BCUT2D eigenvalue weighted by molar-refractivity contribution is 0.255. The third-order valence-electron chi connectivity index (χ3n) is 8.26. The van der Waals surface area contributed by atoms with Crippen molar-refractivity contribution in [2.24, 2.45) is 0 Å². The highest BCUT2D eigenvalue weighted by molar-refractivity contribution is 7.90. The molecular weight excluding hydrogens is 868 g/mol. The van der Waals surface area contributed by atoms with E-state index in [1.807, 2.05) is 9.44 Å². The zero-order valence-corrected chi connectivity index (χ0v) is 34.5. The molecule has 0 aliphatic heterocycles. The van der Waals surface area contributed by atoms with Crippen LogP contribution < -0.4 is 41.3 Å². The summed E-state index contributed by atoms with van der Waals surface area (Å²) in [5.74, 6) is 0. The molecule has 8 amide bonds. The van der Waals surface area contributed by atoms with Crippen molar-refractivity contribution in [2.45, 2.75) is 16.2 Å². The minimum atomic E-state index is -4.33. The summed E-state index contributed by atoms with van der Waals surface area (Å²) in [6, 6.07) is 33.6. The van der Waals surface area contributed by atoms with Crippen molar-refractivity contribution in [3.63, 3.8) is 0 Å². The standard InChI is InChI=1S/C41H34Cl2N8O8S2/c42-28-5-1-7-32(22-28)46-38(52)48-34-9-3-11-36(24-34)60(56,57)50-40(54)44-30-17-13-26(14-18-30)21-27-15-19-31(20-16-27)45-41(55)51-61(58,59)37-12-4-10-35(25-37)49-39(53)47-33-8-2-6-29(43)23-33/h1-20,22-25H,21H2,(H2,44,50,54)(H2,45,51,55)(H2,46,48,52)(H2,47,49,53). The number of anilines is 6. The normalized spacial score (nSPS) is 11.0. The summed E-state index contributed by atoms with van der Waals surface area (Å²) in [4.78, 5) is 49.6. The summed E-state index contributed by atoms with van der Waals surface area (Å²) in [7, 11) is -8.66. The van der Waals surface area contributed by atoms with Crippen LogP contribution >= 0.6 is 23.2 Å². The molecule has 0 aliphatic carbocycles. The molecule has 20 heteroatoms. The van der Waals surface area contributed by atoms with E-state index in [4.69, 9.17) is 23.2 Å². The topological polar surface area (TPSA) is 233 Å². The van der Waals surface area contributed by atoms with Crippen LogP contribution in [0.15, 0.2) is 155 Å². The van der Waals surface area contributed by atoms with Crippen molar-refractivity contribution in [2.75, 3.05) is 31.9 Å². The summed E-state index contributed by atoms with van der Waals surface area (Å²) in [6.07, 6.45) is 0.449. The molecule has 0 fully saturated rings. The average molecular weight is 902 g/mol. The smallest absolute Gasteiger partial charge is 0.308 e. The molecule has 8 N–H and O–H groups in total. The van der Waals surface area contributed by atoms with E-state index >= 15 is 0 Å². The first kappa shape index (κ1) is 43.5. The van der Waals surface area contributed by atoms with E-state index < -0.39 is 44.2 Å². The second-order valence-corrected chi connectivity index (χ2v) is 17.2. The first-order valence-electron chi connectivity index (χ1n) is 17.8. The van der Waals surface area contributed by atoms with Crippen LogP contribution in [0, 0.1) is 0 Å². The number of carbonyl (C=O) groups excluding carboxylic acids is 4. The predicted octanol–water partition coefficient (Wildman–Crippen LogP) is 8.89. The van der Waals surface area contributed by atoms with Crippen molar-refractivity contribution in [1.29, 1.82) is 0 Å². The maximum absolute atomic E-state index is 13.0. The van der Waals surface area contributed by atoms with Gasteiger partial charge in [-0.1, -0.05) is 71.7 Å².